The van der Waals surface area contributed by atoms with Crippen LogP contribution in [0.4, 0.5) is 4.39 Å². The Labute approximate surface area is 64.6 Å². The van der Waals surface area contributed by atoms with Gasteiger partial charge in [-0.05, 0) is 17.7 Å². The van der Waals surface area contributed by atoms with E-state index in [-0.39, 0.29) is 18.1 Å². The summed E-state index contributed by atoms with van der Waals surface area (Å²) in [5, 5.41) is 0. The van der Waals surface area contributed by atoms with Gasteiger partial charge in [-0.1, -0.05) is 6.58 Å². The quantitative estimate of drug-likeness (QED) is 0.691. The van der Waals surface area contributed by atoms with Gasteiger partial charge in [0, 0.05) is 12.7 Å². The summed E-state index contributed by atoms with van der Waals surface area (Å²) in [5.74, 6) is -0.372. The third kappa shape index (κ3) is 1.62. The monoisotopic (exact) mass is 152 g/mol. The van der Waals surface area contributed by atoms with Crippen LogP contribution >= 0.6 is 0 Å². The predicted molar refractivity (Wildman–Crippen MR) is 42.3 cm³/mol. The number of pyridine rings is 1. The first-order valence-corrected chi connectivity index (χ1v) is 3.24. The Morgan fingerprint density at radius 1 is 1.73 bits per heavy atom. The highest BCUT2D eigenvalue weighted by Gasteiger charge is 2.03. The van der Waals surface area contributed by atoms with Gasteiger partial charge in [0.25, 0.3) is 0 Å². The topological polar surface area (TPSA) is 38.9 Å². The second kappa shape index (κ2) is 3.25. The molecule has 0 saturated carbocycles. The minimum Gasteiger partial charge on any atom is -0.326 e. The number of rotatable bonds is 2. The Kier molecular flexibility index (Phi) is 2.33. The first-order chi connectivity index (χ1) is 5.25. The summed E-state index contributed by atoms with van der Waals surface area (Å²) in [4.78, 5) is 3.79. The van der Waals surface area contributed by atoms with Crippen LogP contribution in [0, 0.1) is 5.82 Å². The Morgan fingerprint density at radius 3 is 3.00 bits per heavy atom. The van der Waals surface area contributed by atoms with Gasteiger partial charge in [-0.15, -0.1) is 0 Å². The van der Waals surface area contributed by atoms with Crippen molar-refractivity contribution in [1.29, 1.82) is 0 Å². The van der Waals surface area contributed by atoms with Crippen LogP contribution in [0.25, 0.3) is 5.57 Å². The lowest BCUT2D eigenvalue weighted by atomic mass is 10.2. The average molecular weight is 152 g/mol. The number of hydrogen-bond donors (Lipinski definition) is 1. The molecular formula is C8H9FN2. The number of aromatic nitrogens is 1. The summed E-state index contributed by atoms with van der Waals surface area (Å²) >= 11 is 0. The van der Waals surface area contributed by atoms with Crippen LogP contribution in [0.1, 0.15) is 5.69 Å². The van der Waals surface area contributed by atoms with Crippen LogP contribution in [0.5, 0.6) is 0 Å². The van der Waals surface area contributed by atoms with Crippen LogP contribution in [0.15, 0.2) is 24.9 Å². The molecule has 58 valence electrons. The SMILES string of the molecule is C=C(CN)c1ncccc1F. The van der Waals surface area contributed by atoms with E-state index in [2.05, 4.69) is 11.6 Å². The Hall–Kier alpha value is -1.22. The minimum atomic E-state index is -0.372. The first kappa shape index (κ1) is 7.88. The third-order valence-corrected chi connectivity index (χ3v) is 1.34. The molecule has 1 heterocycles. The molecule has 0 aliphatic rings. The van der Waals surface area contributed by atoms with Gasteiger partial charge >= 0.3 is 0 Å². The van der Waals surface area contributed by atoms with Gasteiger partial charge in [0.1, 0.15) is 11.5 Å². The molecule has 3 heteroatoms. The van der Waals surface area contributed by atoms with Gasteiger partial charge in [0.15, 0.2) is 0 Å². The van der Waals surface area contributed by atoms with Crippen LogP contribution in [-0.4, -0.2) is 11.5 Å². The van der Waals surface area contributed by atoms with Gasteiger partial charge < -0.3 is 5.73 Å². The third-order valence-electron chi connectivity index (χ3n) is 1.34. The van der Waals surface area contributed by atoms with Crippen molar-refractivity contribution in [1.82, 2.24) is 4.98 Å². The van der Waals surface area contributed by atoms with E-state index in [1.54, 1.807) is 0 Å². The fraction of sp³-hybridized carbons (Fsp3) is 0.125. The summed E-state index contributed by atoms with van der Waals surface area (Å²) in [6, 6.07) is 2.87. The first-order valence-electron chi connectivity index (χ1n) is 3.24. The largest absolute Gasteiger partial charge is 0.326 e. The highest BCUT2D eigenvalue weighted by Crippen LogP contribution is 2.10. The van der Waals surface area contributed by atoms with Crippen molar-refractivity contribution in [3.05, 3.63) is 36.4 Å². The molecule has 0 atom stereocenters. The van der Waals surface area contributed by atoms with Gasteiger partial charge in [0.05, 0.1) is 0 Å². The molecule has 0 radical (unpaired) electrons. The fourth-order valence-electron chi connectivity index (χ4n) is 0.743. The van der Waals surface area contributed by atoms with Crippen molar-refractivity contribution in [2.75, 3.05) is 6.54 Å². The highest BCUT2D eigenvalue weighted by atomic mass is 19.1. The summed E-state index contributed by atoms with van der Waals surface area (Å²) in [6.07, 6.45) is 1.51. The molecule has 0 spiro atoms. The van der Waals surface area contributed by atoms with E-state index >= 15 is 0 Å². The van der Waals surface area contributed by atoms with Gasteiger partial charge in [-0.25, -0.2) is 4.39 Å². The summed E-state index contributed by atoms with van der Waals surface area (Å²) in [6.45, 7) is 3.81. The number of hydrogen-bond acceptors (Lipinski definition) is 2. The van der Waals surface area contributed by atoms with E-state index in [0.29, 0.717) is 5.57 Å². The molecule has 2 nitrogen and oxygen atoms in total. The molecule has 0 unspecified atom stereocenters. The van der Waals surface area contributed by atoms with Gasteiger partial charge in [-0.3, -0.25) is 4.98 Å². The van der Waals surface area contributed by atoms with E-state index in [1.807, 2.05) is 0 Å². The second-order valence-electron chi connectivity index (χ2n) is 2.14. The van der Waals surface area contributed by atoms with Crippen molar-refractivity contribution < 1.29 is 4.39 Å². The molecule has 1 rings (SSSR count). The van der Waals surface area contributed by atoms with E-state index in [4.69, 9.17) is 5.73 Å². The molecule has 0 amide bonds. The van der Waals surface area contributed by atoms with Crippen molar-refractivity contribution in [2.45, 2.75) is 0 Å². The molecule has 0 saturated heterocycles. The molecule has 0 aliphatic carbocycles. The van der Waals surface area contributed by atoms with E-state index in [0.717, 1.165) is 0 Å². The fourth-order valence-corrected chi connectivity index (χ4v) is 0.743. The highest BCUT2D eigenvalue weighted by molar-refractivity contribution is 5.61. The zero-order valence-electron chi connectivity index (χ0n) is 6.05. The Morgan fingerprint density at radius 2 is 2.45 bits per heavy atom. The zero-order chi connectivity index (χ0) is 8.27. The van der Waals surface area contributed by atoms with Crippen molar-refractivity contribution in [3.8, 4) is 0 Å². The van der Waals surface area contributed by atoms with Crippen LogP contribution in [-0.2, 0) is 0 Å². The molecular weight excluding hydrogens is 143 g/mol. The number of halogens is 1. The maximum absolute atomic E-state index is 12.8. The lowest BCUT2D eigenvalue weighted by Gasteiger charge is -2.00. The van der Waals surface area contributed by atoms with E-state index < -0.39 is 0 Å². The summed E-state index contributed by atoms with van der Waals surface area (Å²) in [5.41, 5.74) is 6.04. The zero-order valence-corrected chi connectivity index (χ0v) is 6.05. The standard InChI is InChI=1S/C8H9FN2/c1-6(5-10)8-7(9)3-2-4-11-8/h2-4H,1,5,10H2. The van der Waals surface area contributed by atoms with Crippen molar-refractivity contribution in [3.63, 3.8) is 0 Å². The molecule has 11 heavy (non-hydrogen) atoms. The van der Waals surface area contributed by atoms with Gasteiger partial charge in [-0.2, -0.15) is 0 Å². The second-order valence-corrected chi connectivity index (χ2v) is 2.14. The maximum atomic E-state index is 12.8. The summed E-state index contributed by atoms with van der Waals surface area (Å²) in [7, 11) is 0. The smallest absolute Gasteiger partial charge is 0.149 e. The molecule has 0 aliphatic heterocycles. The molecule has 0 aromatic carbocycles. The number of nitrogens with two attached hydrogens (primary N) is 1. The summed E-state index contributed by atoms with van der Waals surface area (Å²) < 4.78 is 12.8. The Balaban J connectivity index is 3.03. The van der Waals surface area contributed by atoms with Crippen LogP contribution in [0.2, 0.25) is 0 Å². The maximum Gasteiger partial charge on any atom is 0.149 e. The lowest BCUT2D eigenvalue weighted by molar-refractivity contribution is 0.616. The predicted octanol–water partition coefficient (Wildman–Crippen LogP) is 1.19. The van der Waals surface area contributed by atoms with Crippen molar-refractivity contribution >= 4 is 5.57 Å². The Bertz CT molecular complexity index is 271. The lowest BCUT2D eigenvalue weighted by Crippen LogP contribution is -2.04. The molecule has 0 fully saturated rings. The van der Waals surface area contributed by atoms with Crippen molar-refractivity contribution in [2.24, 2.45) is 5.73 Å². The van der Waals surface area contributed by atoms with Crippen LogP contribution in [0.3, 0.4) is 0 Å². The number of nitrogens with zero attached hydrogens (tertiary/aromatic N) is 1. The molecule has 1 aromatic heterocycles. The minimum absolute atomic E-state index is 0.230. The normalized spacial score (nSPS) is 9.64. The van der Waals surface area contributed by atoms with Gasteiger partial charge in [0.2, 0.25) is 0 Å². The van der Waals surface area contributed by atoms with E-state index in [1.165, 1.54) is 18.3 Å². The van der Waals surface area contributed by atoms with Crippen LogP contribution < -0.4 is 5.73 Å². The average Bonchev–Trinajstić information content (AvgIpc) is 2.04. The molecule has 1 aromatic rings. The molecule has 2 N–H and O–H groups in total. The molecule has 0 bridgehead atoms. The van der Waals surface area contributed by atoms with E-state index in [9.17, 15) is 4.39 Å².